The van der Waals surface area contributed by atoms with Crippen molar-refractivity contribution in [2.75, 3.05) is 36.9 Å². The SMILES string of the molecule is CC(=O)N(/C=C(/C#N)C(=O)N1CCOCC1)c1ccc(N)cc1. The van der Waals surface area contributed by atoms with E-state index in [-0.39, 0.29) is 11.5 Å². The van der Waals surface area contributed by atoms with E-state index in [1.807, 2.05) is 6.07 Å². The molecular weight excluding hydrogens is 296 g/mol. The molecule has 1 aromatic rings. The molecule has 0 unspecified atom stereocenters. The van der Waals surface area contributed by atoms with Gasteiger partial charge in [0.25, 0.3) is 5.91 Å². The summed E-state index contributed by atoms with van der Waals surface area (Å²) in [6.45, 7) is 3.11. The highest BCUT2D eigenvalue weighted by Crippen LogP contribution is 2.18. The topological polar surface area (TPSA) is 99.7 Å². The number of carbonyl (C=O) groups is 2. The van der Waals surface area contributed by atoms with Crippen LogP contribution in [0, 0.1) is 11.3 Å². The number of rotatable bonds is 3. The van der Waals surface area contributed by atoms with Crippen LogP contribution in [0.4, 0.5) is 11.4 Å². The summed E-state index contributed by atoms with van der Waals surface area (Å²) in [7, 11) is 0. The lowest BCUT2D eigenvalue weighted by Crippen LogP contribution is -2.41. The molecule has 7 nitrogen and oxygen atoms in total. The van der Waals surface area contributed by atoms with Gasteiger partial charge in [0, 0.05) is 37.6 Å². The lowest BCUT2D eigenvalue weighted by Gasteiger charge is -2.27. The first-order valence-electron chi connectivity index (χ1n) is 7.17. The molecule has 1 aliphatic heterocycles. The minimum absolute atomic E-state index is 0.0982. The van der Waals surface area contributed by atoms with Gasteiger partial charge < -0.3 is 15.4 Å². The van der Waals surface area contributed by atoms with Gasteiger partial charge in [-0.1, -0.05) is 0 Å². The van der Waals surface area contributed by atoms with Crippen LogP contribution >= 0.6 is 0 Å². The third kappa shape index (κ3) is 4.08. The summed E-state index contributed by atoms with van der Waals surface area (Å²) in [5, 5.41) is 9.29. The Morgan fingerprint density at radius 2 is 1.91 bits per heavy atom. The maximum atomic E-state index is 12.4. The van der Waals surface area contributed by atoms with Gasteiger partial charge in [-0.05, 0) is 24.3 Å². The summed E-state index contributed by atoms with van der Waals surface area (Å²) in [4.78, 5) is 27.1. The molecule has 0 spiro atoms. The second kappa shape index (κ2) is 7.42. The van der Waals surface area contributed by atoms with Crippen LogP contribution in [0.2, 0.25) is 0 Å². The number of amides is 2. The number of hydrogen-bond acceptors (Lipinski definition) is 5. The molecule has 0 aliphatic carbocycles. The van der Waals surface area contributed by atoms with Gasteiger partial charge in [-0.25, -0.2) is 0 Å². The van der Waals surface area contributed by atoms with Gasteiger partial charge in [0.05, 0.1) is 13.2 Å². The zero-order valence-corrected chi connectivity index (χ0v) is 12.9. The molecule has 2 rings (SSSR count). The minimum atomic E-state index is -0.405. The molecule has 7 heteroatoms. The molecule has 120 valence electrons. The van der Waals surface area contributed by atoms with E-state index in [4.69, 9.17) is 10.5 Å². The minimum Gasteiger partial charge on any atom is -0.399 e. The zero-order chi connectivity index (χ0) is 16.8. The lowest BCUT2D eigenvalue weighted by molar-refractivity contribution is -0.130. The predicted octanol–water partition coefficient (Wildman–Crippen LogP) is 0.888. The van der Waals surface area contributed by atoms with Crippen LogP contribution in [0.15, 0.2) is 36.0 Å². The molecule has 0 radical (unpaired) electrons. The van der Waals surface area contributed by atoms with Crippen LogP contribution in [0.25, 0.3) is 0 Å². The highest BCUT2D eigenvalue weighted by Gasteiger charge is 2.22. The first-order chi connectivity index (χ1) is 11.0. The van der Waals surface area contributed by atoms with E-state index in [1.165, 1.54) is 18.0 Å². The van der Waals surface area contributed by atoms with Gasteiger partial charge in [-0.15, -0.1) is 0 Å². The van der Waals surface area contributed by atoms with Gasteiger partial charge >= 0.3 is 0 Å². The number of carbonyl (C=O) groups excluding carboxylic acids is 2. The standard InChI is InChI=1S/C16H18N4O3/c1-12(21)20(15-4-2-14(18)3-5-15)11-13(10-17)16(22)19-6-8-23-9-7-19/h2-5,11H,6-9,18H2,1H3/b13-11-. The Morgan fingerprint density at radius 3 is 2.43 bits per heavy atom. The average molecular weight is 314 g/mol. The summed E-state index contributed by atoms with van der Waals surface area (Å²) < 4.78 is 5.19. The molecule has 2 amide bonds. The van der Waals surface area contributed by atoms with Crippen molar-refractivity contribution in [3.8, 4) is 6.07 Å². The summed E-state index contributed by atoms with van der Waals surface area (Å²) in [5.41, 5.74) is 6.63. The van der Waals surface area contributed by atoms with Crippen molar-refractivity contribution in [1.82, 2.24) is 4.90 Å². The van der Waals surface area contributed by atoms with Crippen LogP contribution in [-0.2, 0) is 14.3 Å². The lowest BCUT2D eigenvalue weighted by atomic mass is 10.2. The van der Waals surface area contributed by atoms with E-state index in [2.05, 4.69) is 0 Å². The molecule has 1 aliphatic rings. The molecule has 0 saturated carbocycles. The average Bonchev–Trinajstić information content (AvgIpc) is 2.57. The smallest absolute Gasteiger partial charge is 0.266 e. The van der Waals surface area contributed by atoms with E-state index < -0.39 is 5.91 Å². The third-order valence-corrected chi connectivity index (χ3v) is 3.42. The van der Waals surface area contributed by atoms with Crippen LogP contribution in [0.1, 0.15) is 6.92 Å². The van der Waals surface area contributed by atoms with Crippen molar-refractivity contribution in [3.05, 3.63) is 36.0 Å². The first kappa shape index (κ1) is 16.5. The molecule has 2 N–H and O–H groups in total. The predicted molar refractivity (Wildman–Crippen MR) is 85.1 cm³/mol. The first-order valence-corrected chi connectivity index (χ1v) is 7.17. The number of anilines is 2. The van der Waals surface area contributed by atoms with Gasteiger partial charge in [0.15, 0.2) is 0 Å². The Morgan fingerprint density at radius 1 is 1.30 bits per heavy atom. The number of ether oxygens (including phenoxy) is 1. The fraction of sp³-hybridized carbons (Fsp3) is 0.312. The number of nitrogens with zero attached hydrogens (tertiary/aromatic N) is 3. The second-order valence-corrected chi connectivity index (χ2v) is 5.04. The summed E-state index contributed by atoms with van der Waals surface area (Å²) in [6.07, 6.45) is 1.27. The monoisotopic (exact) mass is 314 g/mol. The number of hydrogen-bond donors (Lipinski definition) is 1. The van der Waals surface area contributed by atoms with Crippen molar-refractivity contribution >= 4 is 23.2 Å². The fourth-order valence-electron chi connectivity index (χ4n) is 2.18. The molecule has 23 heavy (non-hydrogen) atoms. The summed E-state index contributed by atoms with van der Waals surface area (Å²) in [6, 6.07) is 8.48. The normalized spacial score (nSPS) is 15.0. The Labute approximate surface area is 134 Å². The maximum absolute atomic E-state index is 12.4. The van der Waals surface area contributed by atoms with Crippen LogP contribution < -0.4 is 10.6 Å². The molecule has 1 fully saturated rings. The summed E-state index contributed by atoms with van der Waals surface area (Å²) in [5.74, 6) is -0.713. The van der Waals surface area contributed by atoms with Gasteiger partial charge in [0.1, 0.15) is 11.6 Å². The van der Waals surface area contributed by atoms with E-state index in [1.54, 1.807) is 29.2 Å². The van der Waals surface area contributed by atoms with E-state index >= 15 is 0 Å². The molecular formula is C16H18N4O3. The van der Waals surface area contributed by atoms with Gasteiger partial charge in [-0.3, -0.25) is 14.5 Å². The van der Waals surface area contributed by atoms with Crippen LogP contribution in [-0.4, -0.2) is 43.0 Å². The highest BCUT2D eigenvalue weighted by atomic mass is 16.5. The van der Waals surface area contributed by atoms with Crippen molar-refractivity contribution in [1.29, 1.82) is 5.26 Å². The number of benzene rings is 1. The molecule has 0 bridgehead atoms. The van der Waals surface area contributed by atoms with E-state index in [0.717, 1.165) is 0 Å². The Balaban J connectivity index is 2.28. The Bertz CT molecular complexity index is 655. The van der Waals surface area contributed by atoms with Gasteiger partial charge in [0.2, 0.25) is 5.91 Å². The third-order valence-electron chi connectivity index (χ3n) is 3.42. The van der Waals surface area contributed by atoms with Crippen LogP contribution in [0.5, 0.6) is 0 Å². The number of morpholine rings is 1. The second-order valence-electron chi connectivity index (χ2n) is 5.04. The molecule has 1 heterocycles. The molecule has 1 saturated heterocycles. The van der Waals surface area contributed by atoms with E-state index in [9.17, 15) is 14.9 Å². The Kier molecular flexibility index (Phi) is 5.33. The van der Waals surface area contributed by atoms with E-state index in [0.29, 0.717) is 37.7 Å². The quantitative estimate of drug-likeness (QED) is 0.507. The zero-order valence-electron chi connectivity index (χ0n) is 12.9. The maximum Gasteiger partial charge on any atom is 0.266 e. The van der Waals surface area contributed by atoms with Crippen molar-refractivity contribution < 1.29 is 14.3 Å². The van der Waals surface area contributed by atoms with Crippen molar-refractivity contribution in [3.63, 3.8) is 0 Å². The largest absolute Gasteiger partial charge is 0.399 e. The fourth-order valence-corrected chi connectivity index (χ4v) is 2.18. The molecule has 1 aromatic carbocycles. The van der Waals surface area contributed by atoms with Crippen molar-refractivity contribution in [2.45, 2.75) is 6.92 Å². The van der Waals surface area contributed by atoms with Crippen LogP contribution in [0.3, 0.4) is 0 Å². The Hall–Kier alpha value is -2.85. The van der Waals surface area contributed by atoms with Crippen molar-refractivity contribution in [2.24, 2.45) is 0 Å². The summed E-state index contributed by atoms with van der Waals surface area (Å²) >= 11 is 0. The molecule has 0 atom stereocenters. The number of nitriles is 1. The number of nitrogens with two attached hydrogens (primary N) is 1. The number of nitrogen functional groups attached to an aromatic ring is 1. The molecule has 0 aromatic heterocycles. The highest BCUT2D eigenvalue weighted by molar-refractivity contribution is 6.01. The van der Waals surface area contributed by atoms with Gasteiger partial charge in [-0.2, -0.15) is 5.26 Å².